The highest BCUT2D eigenvalue weighted by Gasteiger charge is 2.50. The van der Waals surface area contributed by atoms with E-state index in [-0.39, 0.29) is 11.8 Å². The molecule has 4 heterocycles. The van der Waals surface area contributed by atoms with Crippen LogP contribution in [0.25, 0.3) is 11.0 Å². The number of aromatic nitrogens is 1. The average Bonchev–Trinajstić information content (AvgIpc) is 3.44. The second-order valence-corrected chi connectivity index (χ2v) is 9.49. The van der Waals surface area contributed by atoms with Gasteiger partial charge in [-0.1, -0.05) is 0 Å². The molecule has 2 aliphatic heterocycles. The fraction of sp³-hybridized carbons (Fsp3) is 0.571. The molecule has 1 amide bonds. The maximum Gasteiger partial charge on any atom is 0.222 e. The number of hydrogen-bond acceptors (Lipinski definition) is 6. The van der Waals surface area contributed by atoms with Crippen LogP contribution in [0.5, 0.6) is 0 Å². The summed E-state index contributed by atoms with van der Waals surface area (Å²) in [5, 5.41) is 17.1. The molecule has 2 bridgehead atoms. The third-order valence-electron chi connectivity index (χ3n) is 7.17. The lowest BCUT2D eigenvalue weighted by atomic mass is 9.70. The first-order valence-corrected chi connectivity index (χ1v) is 11.1. The van der Waals surface area contributed by atoms with Crippen molar-refractivity contribution < 1.29 is 9.21 Å². The Hall–Kier alpha value is -2.11. The van der Waals surface area contributed by atoms with Crippen LogP contribution in [0.1, 0.15) is 44.3 Å². The first-order chi connectivity index (χ1) is 14.0. The Balaban J connectivity index is 1.20. The third kappa shape index (κ3) is 3.30. The molecular formula is C21H24BrN5O2. The zero-order valence-electron chi connectivity index (χ0n) is 16.0. The number of amides is 1. The predicted molar refractivity (Wildman–Crippen MR) is 112 cm³/mol. The number of rotatable bonds is 4. The van der Waals surface area contributed by atoms with E-state index < -0.39 is 0 Å². The lowest BCUT2D eigenvalue weighted by Crippen LogP contribution is -2.37. The molecule has 5 rings (SSSR count). The maximum atomic E-state index is 11.6. The highest BCUT2D eigenvalue weighted by Crippen LogP contribution is 2.45. The summed E-state index contributed by atoms with van der Waals surface area (Å²) in [6.45, 7) is 0. The number of nitrogens with one attached hydrogen (secondary N) is 2. The van der Waals surface area contributed by atoms with E-state index in [2.05, 4.69) is 31.5 Å². The number of fused-ring (bicyclic) bond motifs is 3. The number of nitriles is 1. The Morgan fingerprint density at radius 2 is 2.10 bits per heavy atom. The van der Waals surface area contributed by atoms with Crippen molar-refractivity contribution in [3.8, 4) is 6.07 Å². The van der Waals surface area contributed by atoms with Crippen LogP contribution in [-0.2, 0) is 4.79 Å². The van der Waals surface area contributed by atoms with E-state index >= 15 is 0 Å². The Kier molecular flexibility index (Phi) is 4.75. The molecule has 8 heteroatoms. The number of nitrogens with zero attached hydrogens (tertiary/aromatic N) is 2. The van der Waals surface area contributed by atoms with Gasteiger partial charge in [0.25, 0.3) is 0 Å². The molecule has 7 nitrogen and oxygen atoms in total. The molecule has 2 saturated heterocycles. The number of primary amides is 1. The molecule has 4 unspecified atom stereocenters. The fourth-order valence-corrected chi connectivity index (χ4v) is 6.27. The summed E-state index contributed by atoms with van der Waals surface area (Å²) in [6, 6.07) is 4.91. The largest absolute Gasteiger partial charge is 0.444 e. The number of anilines is 1. The van der Waals surface area contributed by atoms with E-state index in [1.165, 1.54) is 12.8 Å². The minimum atomic E-state index is -0.147. The first-order valence-electron chi connectivity index (χ1n) is 10.3. The van der Waals surface area contributed by atoms with Crippen LogP contribution >= 0.6 is 15.9 Å². The summed E-state index contributed by atoms with van der Waals surface area (Å²) in [5.41, 5.74) is 6.15. The zero-order valence-corrected chi connectivity index (χ0v) is 17.6. The van der Waals surface area contributed by atoms with Crippen molar-refractivity contribution in [3.05, 3.63) is 22.5 Å². The van der Waals surface area contributed by atoms with Crippen LogP contribution < -0.4 is 16.4 Å². The zero-order chi connectivity index (χ0) is 20.1. The van der Waals surface area contributed by atoms with Crippen LogP contribution in [0.15, 0.2) is 21.2 Å². The SMILES string of the molecule is N#Cc1cc2c(Br)c(NC3CCC(C4CC5NC4CC5C(N)=O)CC3)ncc2o1. The third-order valence-corrected chi connectivity index (χ3v) is 7.98. The highest BCUT2D eigenvalue weighted by atomic mass is 79.9. The molecular weight excluding hydrogens is 434 g/mol. The van der Waals surface area contributed by atoms with Gasteiger partial charge in [0, 0.05) is 29.6 Å². The Bertz CT molecular complexity index is 991. The van der Waals surface area contributed by atoms with Crippen molar-refractivity contribution in [2.24, 2.45) is 23.5 Å². The Morgan fingerprint density at radius 3 is 2.76 bits per heavy atom. The summed E-state index contributed by atoms with van der Waals surface area (Å²) in [6.07, 6.45) is 8.28. The van der Waals surface area contributed by atoms with Gasteiger partial charge in [-0.25, -0.2) is 4.98 Å². The molecule has 0 spiro atoms. The van der Waals surface area contributed by atoms with Crippen LogP contribution in [0.3, 0.4) is 0 Å². The van der Waals surface area contributed by atoms with Gasteiger partial charge in [-0.15, -0.1) is 0 Å². The van der Waals surface area contributed by atoms with Gasteiger partial charge in [-0.2, -0.15) is 5.26 Å². The van der Waals surface area contributed by atoms with Crippen molar-refractivity contribution in [1.82, 2.24) is 10.3 Å². The van der Waals surface area contributed by atoms with Gasteiger partial charge in [0.2, 0.25) is 11.7 Å². The van der Waals surface area contributed by atoms with E-state index in [4.69, 9.17) is 15.4 Å². The maximum absolute atomic E-state index is 11.6. The van der Waals surface area contributed by atoms with E-state index in [0.29, 0.717) is 35.4 Å². The van der Waals surface area contributed by atoms with E-state index in [1.54, 1.807) is 12.3 Å². The second-order valence-electron chi connectivity index (χ2n) is 8.70. The molecule has 4 N–H and O–H groups in total. The summed E-state index contributed by atoms with van der Waals surface area (Å²) in [4.78, 5) is 16.0. The van der Waals surface area contributed by atoms with Gasteiger partial charge < -0.3 is 20.8 Å². The lowest BCUT2D eigenvalue weighted by Gasteiger charge is -2.36. The molecule has 0 aromatic carbocycles. The molecule has 152 valence electrons. The molecule has 3 fully saturated rings. The van der Waals surface area contributed by atoms with Gasteiger partial charge in [0.15, 0.2) is 5.58 Å². The smallest absolute Gasteiger partial charge is 0.222 e. The number of carbonyl (C=O) groups excluding carboxylic acids is 1. The lowest BCUT2D eigenvalue weighted by molar-refractivity contribution is -0.122. The monoisotopic (exact) mass is 457 g/mol. The van der Waals surface area contributed by atoms with Gasteiger partial charge in [0.1, 0.15) is 11.9 Å². The van der Waals surface area contributed by atoms with E-state index in [1.807, 2.05) is 6.07 Å². The Labute approximate surface area is 177 Å². The van der Waals surface area contributed by atoms with Crippen molar-refractivity contribution in [2.75, 3.05) is 5.32 Å². The highest BCUT2D eigenvalue weighted by molar-refractivity contribution is 9.10. The molecule has 2 aromatic heterocycles. The van der Waals surface area contributed by atoms with Crippen LogP contribution in [-0.4, -0.2) is 29.0 Å². The Morgan fingerprint density at radius 1 is 1.31 bits per heavy atom. The van der Waals surface area contributed by atoms with E-state index in [0.717, 1.165) is 47.3 Å². The molecule has 1 aliphatic carbocycles. The minimum absolute atomic E-state index is 0.0251. The number of nitrogens with two attached hydrogens (primary N) is 1. The van der Waals surface area contributed by atoms with Crippen LogP contribution in [0.2, 0.25) is 0 Å². The first kappa shape index (κ1) is 18.9. The average molecular weight is 458 g/mol. The van der Waals surface area contributed by atoms with Gasteiger partial charge >= 0.3 is 0 Å². The molecule has 0 radical (unpaired) electrons. The molecule has 29 heavy (non-hydrogen) atoms. The predicted octanol–water partition coefficient (Wildman–Crippen LogP) is 3.28. The number of halogens is 1. The molecule has 4 atom stereocenters. The second kappa shape index (κ2) is 7.29. The number of hydrogen-bond donors (Lipinski definition) is 3. The standard InChI is InChI=1S/C21H24BrN5O2/c22-19-15-5-12(8-23)29-18(15)9-25-21(19)26-11-3-1-10(2-4-11)13-6-17-14(20(24)28)7-16(13)27-17/h5,9-11,13-14,16-17,27H,1-4,6-7H2,(H2,24,28)(H,25,26). The van der Waals surface area contributed by atoms with Crippen molar-refractivity contribution in [2.45, 2.75) is 56.7 Å². The summed E-state index contributed by atoms with van der Waals surface area (Å²) in [7, 11) is 0. The van der Waals surface area contributed by atoms with Crippen molar-refractivity contribution in [3.63, 3.8) is 0 Å². The number of pyridine rings is 1. The topological polar surface area (TPSA) is 117 Å². The minimum Gasteiger partial charge on any atom is -0.444 e. The molecule has 1 saturated carbocycles. The summed E-state index contributed by atoms with van der Waals surface area (Å²) >= 11 is 3.62. The van der Waals surface area contributed by atoms with Crippen LogP contribution in [0.4, 0.5) is 5.82 Å². The van der Waals surface area contributed by atoms with Gasteiger partial charge in [-0.05, 0) is 66.3 Å². The normalized spacial score (nSPS) is 33.7. The fourth-order valence-electron chi connectivity index (χ4n) is 5.74. The molecule has 2 aromatic rings. The quantitative estimate of drug-likeness (QED) is 0.648. The number of carbonyl (C=O) groups is 1. The van der Waals surface area contributed by atoms with Gasteiger partial charge in [-0.3, -0.25) is 4.79 Å². The number of furan rings is 1. The molecule has 3 aliphatic rings. The van der Waals surface area contributed by atoms with Gasteiger partial charge in [0.05, 0.1) is 16.6 Å². The summed E-state index contributed by atoms with van der Waals surface area (Å²) in [5.74, 6) is 2.36. The van der Waals surface area contributed by atoms with Crippen molar-refractivity contribution >= 4 is 38.6 Å². The van der Waals surface area contributed by atoms with Crippen LogP contribution in [0, 0.1) is 29.1 Å². The van der Waals surface area contributed by atoms with E-state index in [9.17, 15) is 4.79 Å². The van der Waals surface area contributed by atoms with Crippen molar-refractivity contribution in [1.29, 1.82) is 5.26 Å². The summed E-state index contributed by atoms with van der Waals surface area (Å²) < 4.78 is 6.29.